The van der Waals surface area contributed by atoms with Crippen molar-refractivity contribution in [3.63, 3.8) is 0 Å². The normalized spacial score (nSPS) is 15.9. The molecule has 8 aromatic carbocycles. The SMILES string of the molecule is C1=C(c2ccc3c(c2)-c2cc4ccccc4cc2C32c3ccccc3Oc3ccccc32)NC(c2ccc(-c3ccccc3)cc2)=NC1c1ccccc1. The molecule has 0 bridgehead atoms. The fraction of sp³-hybridized carbons (Fsp3) is 0.0392. The summed E-state index contributed by atoms with van der Waals surface area (Å²) in [5, 5.41) is 6.24. The Labute approximate surface area is 314 Å². The van der Waals surface area contributed by atoms with Crippen LogP contribution in [0.4, 0.5) is 0 Å². The second-order valence-electron chi connectivity index (χ2n) is 14.3. The number of nitrogens with zero attached hydrogens (tertiary/aromatic N) is 1. The van der Waals surface area contributed by atoms with Gasteiger partial charge in [-0.1, -0.05) is 158 Å². The van der Waals surface area contributed by atoms with Gasteiger partial charge in [0.15, 0.2) is 0 Å². The standard InChI is InChI=1S/C51H34N2O/c1-3-13-33(14-4-1)34-23-25-36(26-24-34)50-52-46(35-15-5-2-6-16-35)32-47(53-50)39-27-28-42-40(30-39)41-29-37-17-7-8-18-38(37)31-45(41)51(42)43-19-9-11-21-48(43)54-49-22-12-10-20-44(49)51/h1-32,46H,(H,52,53). The largest absolute Gasteiger partial charge is 0.457 e. The molecule has 0 radical (unpaired) electrons. The molecule has 1 aliphatic carbocycles. The highest BCUT2D eigenvalue weighted by Gasteiger charge is 2.51. The highest BCUT2D eigenvalue weighted by atomic mass is 16.5. The van der Waals surface area contributed by atoms with Crippen molar-refractivity contribution in [1.29, 1.82) is 0 Å². The summed E-state index contributed by atoms with van der Waals surface area (Å²) in [6, 6.07) is 67.3. The molecule has 11 rings (SSSR count). The molecule has 3 heteroatoms. The number of para-hydroxylation sites is 2. The van der Waals surface area contributed by atoms with Crippen LogP contribution in [0.5, 0.6) is 11.5 Å². The fourth-order valence-electron chi connectivity index (χ4n) is 8.88. The second kappa shape index (κ2) is 12.0. The number of ether oxygens (including phenoxy) is 1. The topological polar surface area (TPSA) is 33.6 Å². The maximum absolute atomic E-state index is 6.61. The van der Waals surface area contributed by atoms with Crippen LogP contribution in [0.1, 0.15) is 45.0 Å². The van der Waals surface area contributed by atoms with Gasteiger partial charge in [-0.25, -0.2) is 0 Å². The number of rotatable bonds is 4. The molecule has 8 aromatic rings. The van der Waals surface area contributed by atoms with Crippen molar-refractivity contribution in [1.82, 2.24) is 5.32 Å². The third kappa shape index (κ3) is 4.65. The Kier molecular flexibility index (Phi) is 6.83. The maximum atomic E-state index is 6.61. The Bertz CT molecular complexity index is 2770. The monoisotopic (exact) mass is 690 g/mol. The van der Waals surface area contributed by atoms with Gasteiger partial charge >= 0.3 is 0 Å². The highest BCUT2D eigenvalue weighted by molar-refractivity contribution is 6.06. The van der Waals surface area contributed by atoms with E-state index in [1.165, 1.54) is 55.3 Å². The van der Waals surface area contributed by atoms with E-state index in [2.05, 4.69) is 199 Å². The summed E-state index contributed by atoms with van der Waals surface area (Å²) in [4.78, 5) is 5.28. The highest BCUT2D eigenvalue weighted by Crippen LogP contribution is 2.62. The van der Waals surface area contributed by atoms with Crippen LogP contribution in [0.2, 0.25) is 0 Å². The molecule has 0 fully saturated rings. The van der Waals surface area contributed by atoms with Crippen molar-refractivity contribution >= 4 is 22.3 Å². The molecular formula is C51H34N2O. The molecule has 1 atom stereocenters. The van der Waals surface area contributed by atoms with Crippen LogP contribution in [0, 0.1) is 0 Å². The molecule has 1 N–H and O–H groups in total. The van der Waals surface area contributed by atoms with Crippen LogP contribution in [-0.4, -0.2) is 5.84 Å². The number of hydrogen-bond acceptors (Lipinski definition) is 3. The lowest BCUT2D eigenvalue weighted by molar-refractivity contribution is 0.436. The number of nitrogens with one attached hydrogen (secondary N) is 1. The van der Waals surface area contributed by atoms with Gasteiger partial charge in [-0.05, 0) is 91.7 Å². The van der Waals surface area contributed by atoms with E-state index in [1.807, 2.05) is 0 Å². The zero-order chi connectivity index (χ0) is 35.6. The molecule has 0 amide bonds. The van der Waals surface area contributed by atoms with E-state index in [1.54, 1.807) is 0 Å². The average molecular weight is 691 g/mol. The first-order valence-corrected chi connectivity index (χ1v) is 18.6. The van der Waals surface area contributed by atoms with Crippen LogP contribution < -0.4 is 10.1 Å². The fourth-order valence-corrected chi connectivity index (χ4v) is 8.88. The van der Waals surface area contributed by atoms with Gasteiger partial charge in [0.25, 0.3) is 0 Å². The van der Waals surface area contributed by atoms with E-state index in [0.29, 0.717) is 0 Å². The Balaban J connectivity index is 1.09. The van der Waals surface area contributed by atoms with Crippen molar-refractivity contribution < 1.29 is 4.74 Å². The van der Waals surface area contributed by atoms with Crippen LogP contribution >= 0.6 is 0 Å². The van der Waals surface area contributed by atoms with Gasteiger partial charge in [0.05, 0.1) is 11.5 Å². The second-order valence-corrected chi connectivity index (χ2v) is 14.3. The van der Waals surface area contributed by atoms with E-state index in [0.717, 1.165) is 39.7 Å². The minimum absolute atomic E-state index is 0.142. The molecule has 0 aromatic heterocycles. The Morgan fingerprint density at radius 2 is 1.00 bits per heavy atom. The zero-order valence-corrected chi connectivity index (χ0v) is 29.4. The van der Waals surface area contributed by atoms with Gasteiger partial charge in [-0.15, -0.1) is 0 Å². The van der Waals surface area contributed by atoms with E-state index in [-0.39, 0.29) is 6.04 Å². The average Bonchev–Trinajstić information content (AvgIpc) is 3.52. The smallest absolute Gasteiger partial charge is 0.133 e. The first-order valence-electron chi connectivity index (χ1n) is 18.6. The molecule has 3 aliphatic rings. The van der Waals surface area contributed by atoms with E-state index in [9.17, 15) is 0 Å². The quantitative estimate of drug-likeness (QED) is 0.199. The Morgan fingerprint density at radius 3 is 1.72 bits per heavy atom. The molecule has 2 heterocycles. The molecule has 3 nitrogen and oxygen atoms in total. The van der Waals surface area contributed by atoms with Gasteiger partial charge in [-0.2, -0.15) is 0 Å². The van der Waals surface area contributed by atoms with E-state index >= 15 is 0 Å². The van der Waals surface area contributed by atoms with Gasteiger partial charge in [0, 0.05) is 22.4 Å². The van der Waals surface area contributed by atoms with Crippen LogP contribution in [0.3, 0.4) is 0 Å². The van der Waals surface area contributed by atoms with Crippen LogP contribution in [0.15, 0.2) is 199 Å². The minimum Gasteiger partial charge on any atom is -0.457 e. The number of aliphatic imine (C=N–C) groups is 1. The lowest BCUT2D eigenvalue weighted by Crippen LogP contribution is -2.32. The van der Waals surface area contributed by atoms with Crippen molar-refractivity contribution in [2.24, 2.45) is 4.99 Å². The molecule has 0 saturated heterocycles. The molecule has 54 heavy (non-hydrogen) atoms. The minimum atomic E-state index is -0.535. The zero-order valence-electron chi connectivity index (χ0n) is 29.4. The number of fused-ring (bicyclic) bond motifs is 10. The maximum Gasteiger partial charge on any atom is 0.133 e. The molecule has 1 spiro atoms. The summed E-state index contributed by atoms with van der Waals surface area (Å²) in [5.41, 5.74) is 13.6. The number of benzene rings is 8. The number of hydrogen-bond donors (Lipinski definition) is 1. The van der Waals surface area contributed by atoms with Crippen LogP contribution in [0.25, 0.3) is 38.7 Å². The van der Waals surface area contributed by atoms with Crippen LogP contribution in [-0.2, 0) is 5.41 Å². The van der Waals surface area contributed by atoms with Crippen molar-refractivity contribution in [2.75, 3.05) is 0 Å². The van der Waals surface area contributed by atoms with Crippen molar-refractivity contribution in [3.05, 3.63) is 233 Å². The number of amidine groups is 1. The summed E-state index contributed by atoms with van der Waals surface area (Å²) in [5.74, 6) is 2.65. The lowest BCUT2D eigenvalue weighted by atomic mass is 9.66. The summed E-state index contributed by atoms with van der Waals surface area (Å²) < 4.78 is 6.61. The van der Waals surface area contributed by atoms with Crippen molar-refractivity contribution in [2.45, 2.75) is 11.5 Å². The molecular weight excluding hydrogens is 657 g/mol. The predicted molar refractivity (Wildman–Crippen MR) is 220 cm³/mol. The Hall–Kier alpha value is -6.97. The van der Waals surface area contributed by atoms with E-state index in [4.69, 9.17) is 9.73 Å². The van der Waals surface area contributed by atoms with E-state index < -0.39 is 5.41 Å². The van der Waals surface area contributed by atoms with Gasteiger partial charge < -0.3 is 10.1 Å². The van der Waals surface area contributed by atoms with Gasteiger partial charge in [-0.3, -0.25) is 4.99 Å². The molecule has 2 aliphatic heterocycles. The van der Waals surface area contributed by atoms with Crippen molar-refractivity contribution in [3.8, 4) is 33.8 Å². The summed E-state index contributed by atoms with van der Waals surface area (Å²) >= 11 is 0. The summed E-state index contributed by atoms with van der Waals surface area (Å²) in [6.45, 7) is 0. The first-order chi connectivity index (χ1) is 26.7. The van der Waals surface area contributed by atoms with Gasteiger partial charge in [0.1, 0.15) is 17.3 Å². The van der Waals surface area contributed by atoms with Gasteiger partial charge in [0.2, 0.25) is 0 Å². The Morgan fingerprint density at radius 1 is 0.444 bits per heavy atom. The molecule has 1 unspecified atom stereocenters. The molecule has 254 valence electrons. The summed E-state index contributed by atoms with van der Waals surface area (Å²) in [6.07, 6.45) is 2.27. The predicted octanol–water partition coefficient (Wildman–Crippen LogP) is 12.1. The lowest BCUT2D eigenvalue weighted by Gasteiger charge is -2.39. The molecule has 0 saturated carbocycles. The summed E-state index contributed by atoms with van der Waals surface area (Å²) in [7, 11) is 0. The third-order valence-electron chi connectivity index (χ3n) is 11.4. The third-order valence-corrected chi connectivity index (χ3v) is 11.4. The first kappa shape index (κ1) is 30.6.